The summed E-state index contributed by atoms with van der Waals surface area (Å²) in [6, 6.07) is 1.82. The first-order valence-electron chi connectivity index (χ1n) is 6.72. The summed E-state index contributed by atoms with van der Waals surface area (Å²) in [7, 11) is -3.05. The van der Waals surface area contributed by atoms with Gasteiger partial charge in [-0.2, -0.15) is 0 Å². The summed E-state index contributed by atoms with van der Waals surface area (Å²) >= 11 is 1.60. The van der Waals surface area contributed by atoms with E-state index in [4.69, 9.17) is 0 Å². The van der Waals surface area contributed by atoms with Gasteiger partial charge in [0.05, 0.1) is 16.1 Å². The van der Waals surface area contributed by atoms with Crippen LogP contribution in [0.5, 0.6) is 0 Å². The van der Waals surface area contributed by atoms with E-state index in [-0.39, 0.29) is 17.7 Å². The fraction of sp³-hybridized carbons (Fsp3) is 0.643. The van der Waals surface area contributed by atoms with Crippen LogP contribution in [0.3, 0.4) is 0 Å². The smallest absolute Gasteiger partial charge is 0.252 e. The van der Waals surface area contributed by atoms with Crippen LogP contribution in [-0.4, -0.2) is 30.9 Å². The predicted molar refractivity (Wildman–Crippen MR) is 82.1 cm³/mol. The summed E-state index contributed by atoms with van der Waals surface area (Å²) in [5.74, 6) is 0.0546. The van der Waals surface area contributed by atoms with E-state index in [0.29, 0.717) is 18.4 Å². The molecule has 1 amide bonds. The number of thiophene rings is 1. The molecular weight excluding hydrogens is 294 g/mol. The molecule has 4 nitrogen and oxygen atoms in total. The first-order valence-corrected chi connectivity index (χ1v) is 9.19. The van der Waals surface area contributed by atoms with Crippen molar-refractivity contribution in [3.63, 3.8) is 0 Å². The molecule has 20 heavy (non-hydrogen) atoms. The second-order valence-corrected chi connectivity index (χ2v) is 10.3. The zero-order chi connectivity index (χ0) is 15.1. The first-order chi connectivity index (χ1) is 9.12. The van der Waals surface area contributed by atoms with E-state index in [0.717, 1.165) is 9.75 Å². The SMILES string of the molecule is Cc1cc(C(=O)NC2CCS(=O)(=O)C(C)(C)C2)c(C)s1. The van der Waals surface area contributed by atoms with Crippen LogP contribution in [0.25, 0.3) is 0 Å². The third-order valence-corrected chi connectivity index (χ3v) is 7.53. The Hall–Kier alpha value is -0.880. The maximum atomic E-state index is 12.3. The maximum Gasteiger partial charge on any atom is 0.252 e. The molecule has 0 spiro atoms. The van der Waals surface area contributed by atoms with Crippen molar-refractivity contribution in [3.05, 3.63) is 21.4 Å². The fourth-order valence-electron chi connectivity index (χ4n) is 2.64. The minimum atomic E-state index is -3.05. The topological polar surface area (TPSA) is 63.2 Å². The van der Waals surface area contributed by atoms with Gasteiger partial charge < -0.3 is 5.32 Å². The highest BCUT2D eigenvalue weighted by molar-refractivity contribution is 7.92. The van der Waals surface area contributed by atoms with Gasteiger partial charge in [0, 0.05) is 15.8 Å². The highest BCUT2D eigenvalue weighted by Gasteiger charge is 2.41. The van der Waals surface area contributed by atoms with Gasteiger partial charge >= 0.3 is 0 Å². The molecule has 112 valence electrons. The van der Waals surface area contributed by atoms with Gasteiger partial charge in [-0.1, -0.05) is 0 Å². The quantitative estimate of drug-likeness (QED) is 0.912. The van der Waals surface area contributed by atoms with Crippen molar-refractivity contribution < 1.29 is 13.2 Å². The van der Waals surface area contributed by atoms with Crippen LogP contribution in [0.1, 0.15) is 46.8 Å². The van der Waals surface area contributed by atoms with Crippen LogP contribution >= 0.6 is 11.3 Å². The molecule has 1 unspecified atom stereocenters. The van der Waals surface area contributed by atoms with Gasteiger partial charge in [-0.25, -0.2) is 8.42 Å². The van der Waals surface area contributed by atoms with Gasteiger partial charge in [0.2, 0.25) is 0 Å². The third-order valence-electron chi connectivity index (χ3n) is 3.94. The van der Waals surface area contributed by atoms with Crippen molar-refractivity contribution in [2.24, 2.45) is 0 Å². The van der Waals surface area contributed by atoms with Crippen molar-refractivity contribution in [1.29, 1.82) is 0 Å². The zero-order valence-corrected chi connectivity index (χ0v) is 14.0. The number of sulfone groups is 1. The summed E-state index contributed by atoms with van der Waals surface area (Å²) in [6.45, 7) is 7.38. The normalized spacial score (nSPS) is 24.3. The van der Waals surface area contributed by atoms with Crippen LogP contribution < -0.4 is 5.32 Å². The summed E-state index contributed by atoms with van der Waals surface area (Å²) in [5, 5.41) is 2.99. The van der Waals surface area contributed by atoms with E-state index >= 15 is 0 Å². The van der Waals surface area contributed by atoms with Crippen LogP contribution in [0.2, 0.25) is 0 Å². The molecule has 6 heteroatoms. The average molecular weight is 315 g/mol. The molecule has 1 atom stereocenters. The van der Waals surface area contributed by atoms with Crippen LogP contribution in [0.4, 0.5) is 0 Å². The number of nitrogens with one attached hydrogen (secondary N) is 1. The van der Waals surface area contributed by atoms with Crippen molar-refractivity contribution in [3.8, 4) is 0 Å². The number of aryl methyl sites for hydroxylation is 2. The number of carbonyl (C=O) groups is 1. The fourth-order valence-corrected chi connectivity index (χ4v) is 5.16. The minimum Gasteiger partial charge on any atom is -0.349 e. The lowest BCUT2D eigenvalue weighted by atomic mass is 9.99. The zero-order valence-electron chi connectivity index (χ0n) is 12.3. The summed E-state index contributed by atoms with van der Waals surface area (Å²) < 4.78 is 23.1. The third kappa shape index (κ3) is 2.91. The van der Waals surface area contributed by atoms with E-state index in [2.05, 4.69) is 5.32 Å². The molecule has 1 N–H and O–H groups in total. The Kier molecular flexibility index (Phi) is 3.99. The van der Waals surface area contributed by atoms with Crippen molar-refractivity contribution in [2.45, 2.75) is 51.3 Å². The molecule has 1 aliphatic heterocycles. The number of carbonyl (C=O) groups excluding carboxylic acids is 1. The highest BCUT2D eigenvalue weighted by Crippen LogP contribution is 2.30. The Bertz CT molecular complexity index is 629. The molecule has 1 fully saturated rings. The Labute approximate surface area is 124 Å². The van der Waals surface area contributed by atoms with E-state index < -0.39 is 14.6 Å². The molecule has 1 saturated heterocycles. The monoisotopic (exact) mass is 315 g/mol. The van der Waals surface area contributed by atoms with Crippen LogP contribution in [0.15, 0.2) is 6.07 Å². The molecule has 0 aliphatic carbocycles. The Balaban J connectivity index is 2.09. The standard InChI is InChI=1S/C14H21NO3S2/c1-9-7-12(10(2)19-9)13(16)15-11-5-6-20(17,18)14(3,4)8-11/h7,11H,5-6,8H2,1-4H3,(H,15,16). The molecule has 1 aromatic heterocycles. The Morgan fingerprint density at radius 1 is 1.40 bits per heavy atom. The largest absolute Gasteiger partial charge is 0.349 e. The van der Waals surface area contributed by atoms with Gasteiger partial charge in [0.1, 0.15) is 0 Å². The first kappa shape index (κ1) is 15.5. The van der Waals surface area contributed by atoms with E-state index in [1.54, 1.807) is 25.2 Å². The van der Waals surface area contributed by atoms with Crippen LogP contribution in [0, 0.1) is 13.8 Å². The van der Waals surface area contributed by atoms with Crippen molar-refractivity contribution in [1.82, 2.24) is 5.32 Å². The number of hydrogen-bond donors (Lipinski definition) is 1. The molecule has 2 heterocycles. The summed E-state index contributed by atoms with van der Waals surface area (Å²) in [4.78, 5) is 14.4. The van der Waals surface area contributed by atoms with Crippen molar-refractivity contribution in [2.75, 3.05) is 5.75 Å². The van der Waals surface area contributed by atoms with Gasteiger partial charge in [-0.15, -0.1) is 11.3 Å². The second-order valence-electron chi connectivity index (χ2n) is 6.07. The summed E-state index contributed by atoms with van der Waals surface area (Å²) in [6.07, 6.45) is 0.975. The molecule has 0 bridgehead atoms. The maximum absolute atomic E-state index is 12.3. The van der Waals surface area contributed by atoms with Crippen LogP contribution in [-0.2, 0) is 9.84 Å². The Morgan fingerprint density at radius 3 is 2.55 bits per heavy atom. The minimum absolute atomic E-state index is 0.0689. The van der Waals surface area contributed by atoms with Gasteiger partial charge in [-0.05, 0) is 46.6 Å². The Morgan fingerprint density at radius 2 is 2.05 bits per heavy atom. The van der Waals surface area contributed by atoms with Gasteiger partial charge in [-0.3, -0.25) is 4.79 Å². The van der Waals surface area contributed by atoms with E-state index in [9.17, 15) is 13.2 Å². The highest BCUT2D eigenvalue weighted by atomic mass is 32.2. The molecule has 0 aromatic carbocycles. The molecule has 2 rings (SSSR count). The van der Waals surface area contributed by atoms with E-state index in [1.165, 1.54) is 0 Å². The summed E-state index contributed by atoms with van der Waals surface area (Å²) in [5.41, 5.74) is 0.707. The van der Waals surface area contributed by atoms with Crippen molar-refractivity contribution >= 4 is 27.1 Å². The average Bonchev–Trinajstić information content (AvgIpc) is 2.63. The number of rotatable bonds is 2. The van der Waals surface area contributed by atoms with Gasteiger partial charge in [0.25, 0.3) is 5.91 Å². The molecule has 0 radical (unpaired) electrons. The molecule has 1 aromatic rings. The molecular formula is C14H21NO3S2. The lowest BCUT2D eigenvalue weighted by Gasteiger charge is -2.35. The number of amides is 1. The lowest BCUT2D eigenvalue weighted by Crippen LogP contribution is -2.49. The predicted octanol–water partition coefficient (Wildman–Crippen LogP) is 2.45. The molecule has 0 saturated carbocycles. The van der Waals surface area contributed by atoms with E-state index in [1.807, 2.05) is 19.9 Å². The second kappa shape index (κ2) is 5.15. The lowest BCUT2D eigenvalue weighted by molar-refractivity contribution is 0.0930. The molecule has 1 aliphatic rings. The number of hydrogen-bond acceptors (Lipinski definition) is 4. The van der Waals surface area contributed by atoms with Gasteiger partial charge in [0.15, 0.2) is 9.84 Å².